The van der Waals surface area contributed by atoms with Crippen LogP contribution < -0.4 is 11.1 Å². The molecule has 0 amide bonds. The lowest BCUT2D eigenvalue weighted by atomic mass is 9.98. The van der Waals surface area contributed by atoms with Crippen molar-refractivity contribution in [2.45, 2.75) is 107 Å². The number of nitrogens with two attached hydrogens (primary N) is 1. The van der Waals surface area contributed by atoms with Crippen LogP contribution in [0.1, 0.15) is 101 Å². The molecule has 8 nitrogen and oxygen atoms in total. The molecule has 0 bridgehead atoms. The van der Waals surface area contributed by atoms with Crippen molar-refractivity contribution >= 4 is 0 Å². The van der Waals surface area contributed by atoms with Crippen LogP contribution in [0.4, 0.5) is 4.39 Å². The Morgan fingerprint density at radius 1 is 0.854 bits per heavy atom. The quantitative estimate of drug-likeness (QED) is 0.0931. The van der Waals surface area contributed by atoms with Crippen LogP contribution in [0.2, 0.25) is 0 Å². The second-order valence-corrected chi connectivity index (χ2v) is 13.6. The Morgan fingerprint density at radius 3 is 2.02 bits per heavy atom. The summed E-state index contributed by atoms with van der Waals surface area (Å²) < 4.78 is 23.2. The van der Waals surface area contributed by atoms with E-state index in [9.17, 15) is 4.39 Å². The highest BCUT2D eigenvalue weighted by molar-refractivity contribution is 4.94. The third-order valence-corrected chi connectivity index (χ3v) is 7.88. The fourth-order valence-corrected chi connectivity index (χ4v) is 5.10. The van der Waals surface area contributed by atoms with Crippen molar-refractivity contribution in [1.29, 1.82) is 0 Å². The molecule has 0 radical (unpaired) electrons. The molecule has 2 rings (SSSR count). The van der Waals surface area contributed by atoms with Crippen molar-refractivity contribution in [3.05, 3.63) is 0 Å². The van der Waals surface area contributed by atoms with Gasteiger partial charge in [0.1, 0.15) is 13.4 Å². The molecule has 0 unspecified atom stereocenters. The number of halogens is 1. The summed E-state index contributed by atoms with van der Waals surface area (Å²) in [5.41, 5.74) is 5.81. The highest BCUT2D eigenvalue weighted by Crippen LogP contribution is 2.16. The van der Waals surface area contributed by atoms with Crippen LogP contribution in [-0.2, 0) is 9.47 Å². The molecule has 48 heavy (non-hydrogen) atoms. The summed E-state index contributed by atoms with van der Waals surface area (Å²) in [4.78, 5) is 8.90. The first kappa shape index (κ1) is 51.5. The molecule has 0 aromatic rings. The van der Waals surface area contributed by atoms with E-state index in [1.165, 1.54) is 25.9 Å². The van der Waals surface area contributed by atoms with Crippen LogP contribution in [-0.4, -0.2) is 145 Å². The monoisotopic (exact) mass is 689 g/mol. The fourth-order valence-electron chi connectivity index (χ4n) is 5.10. The molecule has 2 heterocycles. The van der Waals surface area contributed by atoms with Crippen molar-refractivity contribution < 1.29 is 13.9 Å². The lowest BCUT2D eigenvalue weighted by molar-refractivity contribution is 0.0597. The van der Waals surface area contributed by atoms with Gasteiger partial charge in [-0.15, -0.1) is 5.92 Å². The Labute approximate surface area is 300 Å². The molecule has 2 fully saturated rings. The fraction of sp³-hybridized carbons (Fsp3) is 0.949. The van der Waals surface area contributed by atoms with Crippen LogP contribution in [0.5, 0.6) is 0 Å². The van der Waals surface area contributed by atoms with Gasteiger partial charge in [0.2, 0.25) is 0 Å². The molecule has 0 atom stereocenters. The molecule has 0 aromatic carbocycles. The third kappa shape index (κ3) is 38.0. The summed E-state index contributed by atoms with van der Waals surface area (Å²) in [5.74, 6) is 7.92. The zero-order valence-electron chi connectivity index (χ0n) is 34.2. The van der Waals surface area contributed by atoms with Gasteiger partial charge < -0.3 is 35.2 Å². The minimum atomic E-state index is -0.342. The summed E-state index contributed by atoms with van der Waals surface area (Å²) in [6, 6.07) is 0.403. The maximum Gasteiger partial charge on any atom is 0.142 e. The van der Waals surface area contributed by atoms with E-state index < -0.39 is 0 Å². The molecule has 0 aromatic heterocycles. The van der Waals surface area contributed by atoms with Crippen molar-refractivity contribution in [2.24, 2.45) is 23.5 Å². The van der Waals surface area contributed by atoms with E-state index in [1.807, 2.05) is 41.7 Å². The van der Waals surface area contributed by atoms with Crippen LogP contribution in [0.3, 0.4) is 0 Å². The maximum atomic E-state index is 12.1. The molecular weight excluding hydrogens is 603 g/mol. The van der Waals surface area contributed by atoms with E-state index in [0.717, 1.165) is 116 Å². The molecule has 0 spiro atoms. The molecule has 0 aliphatic carbocycles. The minimum absolute atomic E-state index is 0.342. The van der Waals surface area contributed by atoms with Crippen molar-refractivity contribution in [3.63, 3.8) is 0 Å². The highest BCUT2D eigenvalue weighted by Gasteiger charge is 2.17. The summed E-state index contributed by atoms with van der Waals surface area (Å²) >= 11 is 0. The number of alkyl halides is 1. The van der Waals surface area contributed by atoms with Gasteiger partial charge in [0.15, 0.2) is 0 Å². The highest BCUT2D eigenvalue weighted by atomic mass is 19.1. The molecule has 3 N–H and O–H groups in total. The molecule has 290 valence electrons. The van der Waals surface area contributed by atoms with Crippen molar-refractivity contribution in [3.8, 4) is 11.8 Å². The molecule has 2 aliphatic rings. The second kappa shape index (κ2) is 39.0. The number of hydrogen-bond donors (Lipinski definition) is 2. The van der Waals surface area contributed by atoms with Gasteiger partial charge in [0, 0.05) is 38.9 Å². The van der Waals surface area contributed by atoms with Gasteiger partial charge in [-0.25, -0.2) is 4.39 Å². The molecule has 0 saturated carbocycles. The predicted octanol–water partition coefficient (Wildman–Crippen LogP) is 6.31. The molecule has 2 saturated heterocycles. The standard InChI is InChI=1S/C14H30N2O.C11H21NO.C10H22FN3.2C2H6/c1-13(2)11-16(4)9-10-17-12-14-5-7-15(3)8-6-14;1-4-5-8-13-9-6-7-12-10-11(2)3;1-13(9-11)5-2-6-14-7-3-10(12)4-8-14;2*1-2/h13-14H,5-12H2,1-4H3;11-12H,6-10H2,1-3H3;10H,2-9,12H2,1H3;2*1-2H3. The zero-order chi connectivity index (χ0) is 37.0. The first-order valence-electron chi connectivity index (χ1n) is 19.4. The van der Waals surface area contributed by atoms with Crippen molar-refractivity contribution in [2.75, 3.05) is 120 Å². The Kier molecular flexibility index (Phi) is 41.8. The Hall–Kier alpha value is -0.830. The van der Waals surface area contributed by atoms with E-state index in [4.69, 9.17) is 15.2 Å². The summed E-state index contributed by atoms with van der Waals surface area (Å²) in [5, 5.41) is 3.36. The number of likely N-dealkylation sites (tertiary alicyclic amines) is 2. The number of nitrogens with zero attached hydrogens (tertiary/aromatic N) is 4. The minimum Gasteiger partial charge on any atom is -0.380 e. The largest absolute Gasteiger partial charge is 0.380 e. The molecule has 2 aliphatic heterocycles. The van der Waals surface area contributed by atoms with Gasteiger partial charge >= 0.3 is 0 Å². The van der Waals surface area contributed by atoms with Crippen LogP contribution in [0.15, 0.2) is 0 Å². The van der Waals surface area contributed by atoms with E-state index in [1.54, 1.807) is 4.90 Å². The van der Waals surface area contributed by atoms with Gasteiger partial charge in [0.05, 0.1) is 6.61 Å². The predicted molar refractivity (Wildman–Crippen MR) is 210 cm³/mol. The summed E-state index contributed by atoms with van der Waals surface area (Å²) in [6.45, 7) is 32.6. The normalized spacial score (nSPS) is 15.8. The van der Waals surface area contributed by atoms with E-state index >= 15 is 0 Å². The van der Waals surface area contributed by atoms with Gasteiger partial charge in [0.25, 0.3) is 0 Å². The van der Waals surface area contributed by atoms with E-state index in [-0.39, 0.29) is 6.80 Å². The maximum absolute atomic E-state index is 12.1. The average molecular weight is 689 g/mol. The number of rotatable bonds is 19. The first-order valence-corrected chi connectivity index (χ1v) is 19.4. The Balaban J connectivity index is -0.000000606. The van der Waals surface area contributed by atoms with Gasteiger partial charge in [-0.05, 0) is 130 Å². The molecular formula is C39H85FN6O2. The Morgan fingerprint density at radius 2 is 1.48 bits per heavy atom. The lowest BCUT2D eigenvalue weighted by Crippen LogP contribution is -2.40. The third-order valence-electron chi connectivity index (χ3n) is 7.88. The SMILES string of the molecule is CC.CC.CC#CCOCCCNCC(C)C.CC(C)CN(C)CCOCC1CCN(C)CC1.CN(CF)CCCN1CCC(N)CC1. The van der Waals surface area contributed by atoms with Gasteiger partial charge in [-0.3, -0.25) is 4.90 Å². The Bertz CT molecular complexity index is 675. The van der Waals surface area contributed by atoms with Crippen LogP contribution in [0, 0.1) is 29.6 Å². The number of ether oxygens (including phenoxy) is 2. The van der Waals surface area contributed by atoms with Gasteiger partial charge in [-0.1, -0.05) is 61.3 Å². The molecule has 9 heteroatoms. The number of likely N-dealkylation sites (N-methyl/N-ethyl adjacent to an activating group) is 1. The number of piperidine rings is 2. The van der Waals surface area contributed by atoms with E-state index in [0.29, 0.717) is 12.6 Å². The topological polar surface area (TPSA) is 69.5 Å². The summed E-state index contributed by atoms with van der Waals surface area (Å²) in [6.07, 6.45) is 6.95. The zero-order valence-corrected chi connectivity index (χ0v) is 34.2. The average Bonchev–Trinajstić information content (AvgIpc) is 3.08. The van der Waals surface area contributed by atoms with Crippen molar-refractivity contribution in [1.82, 2.24) is 24.9 Å². The van der Waals surface area contributed by atoms with Crippen LogP contribution >= 0.6 is 0 Å². The van der Waals surface area contributed by atoms with Gasteiger partial charge in [-0.2, -0.15) is 0 Å². The smallest absolute Gasteiger partial charge is 0.142 e. The number of nitrogens with one attached hydrogen (secondary N) is 1. The van der Waals surface area contributed by atoms with E-state index in [2.05, 4.69) is 73.6 Å². The first-order chi connectivity index (χ1) is 23.1. The second-order valence-electron chi connectivity index (χ2n) is 13.6. The van der Waals surface area contributed by atoms with Crippen LogP contribution in [0.25, 0.3) is 0 Å². The lowest BCUT2D eigenvalue weighted by Gasteiger charge is -2.30. The summed E-state index contributed by atoms with van der Waals surface area (Å²) in [7, 11) is 6.20. The number of hydrogen-bond acceptors (Lipinski definition) is 8.